The molecule has 0 amide bonds. The molecule has 0 saturated heterocycles. The average Bonchev–Trinajstić information content (AvgIpc) is 2.50. The van der Waals surface area contributed by atoms with Gasteiger partial charge in [0.15, 0.2) is 0 Å². The van der Waals surface area contributed by atoms with Gasteiger partial charge in [-0.25, -0.2) is 0 Å². The second-order valence-electron chi connectivity index (χ2n) is 4.93. The smallest absolute Gasteiger partial charge is 0.124 e. The number of benzene rings is 1. The first-order valence-corrected chi connectivity index (χ1v) is 6.85. The highest BCUT2D eigenvalue weighted by molar-refractivity contribution is 6.31. The van der Waals surface area contributed by atoms with E-state index in [4.69, 9.17) is 16.3 Å². The Morgan fingerprint density at radius 2 is 2.20 bits per heavy atom. The molecular formula is C16H13ClN2O. The Labute approximate surface area is 122 Å². The molecule has 1 aromatic carbocycles. The predicted octanol–water partition coefficient (Wildman–Crippen LogP) is 3.52. The molecule has 0 saturated carbocycles. The summed E-state index contributed by atoms with van der Waals surface area (Å²) in [5.74, 6) is 0.797. The van der Waals surface area contributed by atoms with Crippen LogP contribution in [0.5, 0.6) is 5.75 Å². The number of hydrogen-bond acceptors (Lipinski definition) is 3. The van der Waals surface area contributed by atoms with E-state index in [-0.39, 0.29) is 0 Å². The molecule has 4 heteroatoms. The number of pyridine rings is 1. The van der Waals surface area contributed by atoms with Gasteiger partial charge in [-0.2, -0.15) is 5.26 Å². The SMILES string of the molecule is N#CC1(Cc2ccncc2Cl)CCOc2ccccc21. The fourth-order valence-electron chi connectivity index (χ4n) is 2.67. The van der Waals surface area contributed by atoms with Gasteiger partial charge in [0.2, 0.25) is 0 Å². The van der Waals surface area contributed by atoms with E-state index in [1.54, 1.807) is 12.4 Å². The second-order valence-corrected chi connectivity index (χ2v) is 5.34. The lowest BCUT2D eigenvalue weighted by Crippen LogP contribution is -2.33. The van der Waals surface area contributed by atoms with E-state index in [0.29, 0.717) is 24.5 Å². The summed E-state index contributed by atoms with van der Waals surface area (Å²) in [6.07, 6.45) is 4.56. The van der Waals surface area contributed by atoms with Gasteiger partial charge < -0.3 is 4.74 Å². The van der Waals surface area contributed by atoms with E-state index in [9.17, 15) is 5.26 Å². The molecule has 0 fully saturated rings. The normalized spacial score (nSPS) is 20.6. The molecule has 3 rings (SSSR count). The molecule has 1 aliphatic rings. The highest BCUT2D eigenvalue weighted by atomic mass is 35.5. The first-order valence-electron chi connectivity index (χ1n) is 6.47. The van der Waals surface area contributed by atoms with Crippen molar-refractivity contribution in [3.63, 3.8) is 0 Å². The highest BCUT2D eigenvalue weighted by Gasteiger charge is 2.38. The first-order chi connectivity index (χ1) is 9.75. The Balaban J connectivity index is 2.06. The van der Waals surface area contributed by atoms with Gasteiger partial charge in [0.25, 0.3) is 0 Å². The molecule has 0 bridgehead atoms. The lowest BCUT2D eigenvalue weighted by molar-refractivity contribution is 0.241. The van der Waals surface area contributed by atoms with Crippen molar-refractivity contribution >= 4 is 11.6 Å². The molecule has 1 unspecified atom stereocenters. The van der Waals surface area contributed by atoms with Gasteiger partial charge in [-0.1, -0.05) is 29.8 Å². The Morgan fingerprint density at radius 1 is 1.35 bits per heavy atom. The Hall–Kier alpha value is -2.05. The van der Waals surface area contributed by atoms with Crippen LogP contribution in [-0.4, -0.2) is 11.6 Å². The quantitative estimate of drug-likeness (QED) is 0.847. The molecule has 1 aliphatic heterocycles. The summed E-state index contributed by atoms with van der Waals surface area (Å²) < 4.78 is 5.65. The summed E-state index contributed by atoms with van der Waals surface area (Å²) in [6.45, 7) is 0.549. The third kappa shape index (κ3) is 2.13. The van der Waals surface area contributed by atoms with Gasteiger partial charge in [0, 0.05) is 24.4 Å². The van der Waals surface area contributed by atoms with Crippen LogP contribution < -0.4 is 4.74 Å². The van der Waals surface area contributed by atoms with Crippen LogP contribution in [-0.2, 0) is 11.8 Å². The minimum absolute atomic E-state index is 0.549. The monoisotopic (exact) mass is 284 g/mol. The predicted molar refractivity (Wildman–Crippen MR) is 76.8 cm³/mol. The van der Waals surface area contributed by atoms with Gasteiger partial charge in [-0.15, -0.1) is 0 Å². The summed E-state index contributed by atoms with van der Waals surface area (Å²) in [5, 5.41) is 10.4. The Bertz CT molecular complexity index is 680. The molecule has 0 radical (unpaired) electrons. The maximum Gasteiger partial charge on any atom is 0.124 e. The maximum atomic E-state index is 9.78. The van der Waals surface area contributed by atoms with E-state index in [2.05, 4.69) is 11.1 Å². The fraction of sp³-hybridized carbons (Fsp3) is 0.250. The average molecular weight is 285 g/mol. The minimum atomic E-state index is -0.583. The lowest BCUT2D eigenvalue weighted by atomic mass is 9.73. The third-order valence-electron chi connectivity index (χ3n) is 3.75. The molecule has 0 N–H and O–H groups in total. The van der Waals surface area contributed by atoms with E-state index >= 15 is 0 Å². The van der Waals surface area contributed by atoms with Crippen LogP contribution in [0.1, 0.15) is 17.5 Å². The number of rotatable bonds is 2. The summed E-state index contributed by atoms with van der Waals surface area (Å²) in [4.78, 5) is 3.99. The van der Waals surface area contributed by atoms with Crippen LogP contribution in [0.15, 0.2) is 42.7 Å². The number of fused-ring (bicyclic) bond motifs is 1. The fourth-order valence-corrected chi connectivity index (χ4v) is 2.86. The zero-order chi connectivity index (χ0) is 14.0. The number of ether oxygens (including phenoxy) is 1. The topological polar surface area (TPSA) is 45.9 Å². The van der Waals surface area contributed by atoms with Crippen molar-refractivity contribution in [2.75, 3.05) is 6.61 Å². The summed E-state index contributed by atoms with van der Waals surface area (Å²) in [6, 6.07) is 12.1. The molecule has 20 heavy (non-hydrogen) atoms. The van der Waals surface area contributed by atoms with Crippen molar-refractivity contribution in [3.8, 4) is 11.8 Å². The van der Waals surface area contributed by atoms with Crippen molar-refractivity contribution in [3.05, 3.63) is 58.9 Å². The molecule has 1 aromatic heterocycles. The summed E-state index contributed by atoms with van der Waals surface area (Å²) >= 11 is 6.19. The number of hydrogen-bond donors (Lipinski definition) is 0. The summed E-state index contributed by atoms with van der Waals surface area (Å²) in [5.41, 5.74) is 1.31. The molecule has 2 aromatic rings. The molecule has 2 heterocycles. The Morgan fingerprint density at radius 3 is 3.00 bits per heavy atom. The van der Waals surface area contributed by atoms with Gasteiger partial charge in [-0.3, -0.25) is 4.98 Å². The van der Waals surface area contributed by atoms with Gasteiger partial charge >= 0.3 is 0 Å². The molecule has 0 spiro atoms. The number of nitriles is 1. The van der Waals surface area contributed by atoms with Crippen LogP contribution in [0, 0.1) is 11.3 Å². The van der Waals surface area contributed by atoms with Crippen LogP contribution in [0.2, 0.25) is 5.02 Å². The van der Waals surface area contributed by atoms with Crippen LogP contribution in [0.4, 0.5) is 0 Å². The minimum Gasteiger partial charge on any atom is -0.493 e. The van der Waals surface area contributed by atoms with Gasteiger partial charge in [0.05, 0.1) is 23.1 Å². The molecule has 0 aliphatic carbocycles. The Kier molecular flexibility index (Phi) is 3.33. The second kappa shape index (κ2) is 5.15. The number of aromatic nitrogens is 1. The van der Waals surface area contributed by atoms with E-state index in [1.165, 1.54) is 0 Å². The summed E-state index contributed by atoms with van der Waals surface area (Å²) in [7, 11) is 0. The molecule has 3 nitrogen and oxygen atoms in total. The highest BCUT2D eigenvalue weighted by Crippen LogP contribution is 2.41. The van der Waals surface area contributed by atoms with E-state index < -0.39 is 5.41 Å². The lowest BCUT2D eigenvalue weighted by Gasteiger charge is -2.33. The zero-order valence-electron chi connectivity index (χ0n) is 10.8. The standard InChI is InChI=1S/C16H13ClN2O/c17-14-10-19-7-5-12(14)9-16(11-18)6-8-20-15-4-2-1-3-13(15)16/h1-5,7,10H,6,8-9H2. The number of nitrogens with zero attached hydrogens (tertiary/aromatic N) is 2. The number of halogens is 1. The maximum absolute atomic E-state index is 9.78. The first kappa shape index (κ1) is 13.0. The largest absolute Gasteiger partial charge is 0.493 e. The van der Waals surface area contributed by atoms with E-state index in [0.717, 1.165) is 16.9 Å². The van der Waals surface area contributed by atoms with Crippen LogP contribution >= 0.6 is 11.6 Å². The van der Waals surface area contributed by atoms with Crippen LogP contribution in [0.25, 0.3) is 0 Å². The van der Waals surface area contributed by atoms with Crippen molar-refractivity contribution in [2.45, 2.75) is 18.3 Å². The van der Waals surface area contributed by atoms with Gasteiger partial charge in [-0.05, 0) is 24.1 Å². The zero-order valence-corrected chi connectivity index (χ0v) is 11.6. The van der Waals surface area contributed by atoms with Crippen LogP contribution in [0.3, 0.4) is 0 Å². The van der Waals surface area contributed by atoms with Gasteiger partial charge in [0.1, 0.15) is 5.75 Å². The molecule has 100 valence electrons. The van der Waals surface area contributed by atoms with Crippen molar-refractivity contribution in [1.29, 1.82) is 5.26 Å². The van der Waals surface area contributed by atoms with Crippen molar-refractivity contribution < 1.29 is 4.74 Å². The van der Waals surface area contributed by atoms with Crippen molar-refractivity contribution in [2.24, 2.45) is 0 Å². The number of para-hydroxylation sites is 1. The molecular weight excluding hydrogens is 272 g/mol. The molecule has 1 atom stereocenters. The van der Waals surface area contributed by atoms with Crippen molar-refractivity contribution in [1.82, 2.24) is 4.98 Å². The third-order valence-corrected chi connectivity index (χ3v) is 4.09. The van der Waals surface area contributed by atoms with E-state index in [1.807, 2.05) is 30.3 Å².